The fourth-order valence-electron chi connectivity index (χ4n) is 2.89. The Hall–Kier alpha value is -2.99. The summed E-state index contributed by atoms with van der Waals surface area (Å²) in [7, 11) is 1.75. The van der Waals surface area contributed by atoms with Gasteiger partial charge in [-0.3, -0.25) is 0 Å². The second-order valence-electron chi connectivity index (χ2n) is 6.29. The van der Waals surface area contributed by atoms with Crippen molar-refractivity contribution in [1.29, 1.82) is 0 Å². The zero-order chi connectivity index (χ0) is 20.1. The molecule has 1 aromatic heterocycles. The molecule has 2 aromatic carbocycles. The molecule has 0 saturated heterocycles. The lowest BCUT2D eigenvalue weighted by molar-refractivity contribution is 0.301. The molecule has 0 aliphatic carbocycles. The third-order valence-corrected chi connectivity index (χ3v) is 4.64. The van der Waals surface area contributed by atoms with Crippen LogP contribution in [0.5, 0.6) is 17.4 Å². The van der Waals surface area contributed by atoms with Gasteiger partial charge >= 0.3 is 0 Å². The maximum absolute atomic E-state index is 8.92. The number of nitrogens with zero attached hydrogens (tertiary/aromatic N) is 3. The fourth-order valence-corrected chi connectivity index (χ4v) is 3.11. The number of aryl methyl sites for hydroxylation is 3. The third-order valence-electron chi connectivity index (χ3n) is 4.34. The molecule has 6 nitrogen and oxygen atoms in total. The van der Waals surface area contributed by atoms with E-state index >= 15 is 0 Å². The average molecular weight is 400 g/mol. The minimum atomic E-state index is 0.426. The van der Waals surface area contributed by atoms with Crippen LogP contribution in [0.15, 0.2) is 47.6 Å². The van der Waals surface area contributed by atoms with Gasteiger partial charge in [-0.1, -0.05) is 54.0 Å². The maximum atomic E-state index is 8.92. The van der Waals surface area contributed by atoms with Crippen LogP contribution in [0.25, 0.3) is 0 Å². The van der Waals surface area contributed by atoms with Gasteiger partial charge in [-0.2, -0.15) is 5.10 Å². The first-order chi connectivity index (χ1) is 13.5. The van der Waals surface area contributed by atoms with Gasteiger partial charge in [0.1, 0.15) is 12.4 Å². The molecule has 0 aliphatic heterocycles. The van der Waals surface area contributed by atoms with E-state index < -0.39 is 0 Å². The summed E-state index contributed by atoms with van der Waals surface area (Å²) in [6.07, 6.45) is 2.07. The second kappa shape index (κ2) is 8.80. The number of oxime groups is 1. The molecule has 1 heterocycles. The molecule has 0 unspecified atom stereocenters. The van der Waals surface area contributed by atoms with Gasteiger partial charge in [-0.05, 0) is 30.5 Å². The van der Waals surface area contributed by atoms with Crippen LogP contribution >= 0.6 is 11.6 Å². The van der Waals surface area contributed by atoms with Crippen LogP contribution in [0.3, 0.4) is 0 Å². The van der Waals surface area contributed by atoms with Gasteiger partial charge in [0.05, 0.1) is 22.5 Å². The van der Waals surface area contributed by atoms with Gasteiger partial charge in [0.25, 0.3) is 0 Å². The van der Waals surface area contributed by atoms with Crippen LogP contribution in [0, 0.1) is 6.92 Å². The van der Waals surface area contributed by atoms with Crippen molar-refractivity contribution < 1.29 is 14.7 Å². The lowest BCUT2D eigenvalue weighted by atomic mass is 10.1. The van der Waals surface area contributed by atoms with Crippen molar-refractivity contribution in [2.24, 2.45) is 12.2 Å². The summed E-state index contributed by atoms with van der Waals surface area (Å²) in [6, 6.07) is 13.6. The van der Waals surface area contributed by atoms with E-state index in [1.54, 1.807) is 24.7 Å². The van der Waals surface area contributed by atoms with Gasteiger partial charge in [0.15, 0.2) is 5.75 Å². The second-order valence-corrected chi connectivity index (χ2v) is 6.70. The summed E-state index contributed by atoms with van der Waals surface area (Å²) in [5.41, 5.74) is 3.32. The Morgan fingerprint density at radius 2 is 1.96 bits per heavy atom. The van der Waals surface area contributed by atoms with Crippen LogP contribution in [-0.2, 0) is 20.1 Å². The van der Waals surface area contributed by atoms with Gasteiger partial charge in [0.2, 0.25) is 5.88 Å². The highest BCUT2D eigenvalue weighted by Crippen LogP contribution is 2.37. The molecule has 3 rings (SSSR count). The van der Waals surface area contributed by atoms with E-state index in [9.17, 15) is 0 Å². The molecule has 28 heavy (non-hydrogen) atoms. The molecule has 146 valence electrons. The number of halogens is 1. The molecular formula is C21H22ClN3O3. The van der Waals surface area contributed by atoms with Crippen LogP contribution in [-0.4, -0.2) is 21.2 Å². The van der Waals surface area contributed by atoms with E-state index in [0.29, 0.717) is 40.3 Å². The Morgan fingerprint density at radius 1 is 1.21 bits per heavy atom. The predicted octanol–water partition coefficient (Wildman–Crippen LogP) is 5.12. The molecule has 0 atom stereocenters. The van der Waals surface area contributed by atoms with Crippen molar-refractivity contribution in [3.05, 3.63) is 69.9 Å². The largest absolute Gasteiger partial charge is 0.488 e. The molecule has 0 amide bonds. The Labute approximate surface area is 169 Å². The lowest BCUT2D eigenvalue weighted by Crippen LogP contribution is -2.01. The topological polar surface area (TPSA) is 68.9 Å². The standard InChI is InChI=1S/C21H22ClN3O3/c1-4-16-10-18(22)20(11-19(16)27-13-15-8-6-5-7-9-15)28-21-17(12-23-26)14(2)24-25(21)3/h5-12,26H,4,13H2,1-3H3. The number of rotatable bonds is 7. The Bertz CT molecular complexity index is 984. The summed E-state index contributed by atoms with van der Waals surface area (Å²) in [5.74, 6) is 1.58. The summed E-state index contributed by atoms with van der Waals surface area (Å²) in [4.78, 5) is 0. The summed E-state index contributed by atoms with van der Waals surface area (Å²) in [6.45, 7) is 4.30. The van der Waals surface area contributed by atoms with E-state index in [1.165, 1.54) is 6.21 Å². The highest BCUT2D eigenvalue weighted by Gasteiger charge is 2.17. The fraction of sp³-hybridized carbons (Fsp3) is 0.238. The van der Waals surface area contributed by atoms with Crippen molar-refractivity contribution in [2.45, 2.75) is 26.9 Å². The summed E-state index contributed by atoms with van der Waals surface area (Å²) in [5, 5.41) is 16.8. The van der Waals surface area contributed by atoms with Crippen molar-refractivity contribution in [3.63, 3.8) is 0 Å². The van der Waals surface area contributed by atoms with Gasteiger partial charge < -0.3 is 14.7 Å². The van der Waals surface area contributed by atoms with E-state index in [4.69, 9.17) is 26.3 Å². The number of aromatic nitrogens is 2. The van der Waals surface area contributed by atoms with Gasteiger partial charge in [-0.15, -0.1) is 0 Å². The molecule has 0 spiro atoms. The molecule has 0 saturated carbocycles. The molecule has 0 fully saturated rings. The molecule has 0 aliphatic rings. The highest BCUT2D eigenvalue weighted by molar-refractivity contribution is 6.32. The van der Waals surface area contributed by atoms with E-state index in [2.05, 4.69) is 10.3 Å². The number of ether oxygens (including phenoxy) is 2. The molecular weight excluding hydrogens is 378 g/mol. The number of hydrogen-bond acceptors (Lipinski definition) is 5. The number of benzene rings is 2. The van der Waals surface area contributed by atoms with Crippen molar-refractivity contribution in [1.82, 2.24) is 9.78 Å². The zero-order valence-corrected chi connectivity index (χ0v) is 16.8. The first-order valence-electron chi connectivity index (χ1n) is 8.91. The van der Waals surface area contributed by atoms with Crippen molar-refractivity contribution >= 4 is 17.8 Å². The Balaban J connectivity index is 1.92. The van der Waals surface area contributed by atoms with Crippen molar-refractivity contribution in [3.8, 4) is 17.4 Å². The van der Waals surface area contributed by atoms with Crippen LogP contribution in [0.4, 0.5) is 0 Å². The third kappa shape index (κ3) is 4.28. The molecule has 0 bridgehead atoms. The minimum absolute atomic E-state index is 0.426. The van der Waals surface area contributed by atoms with Crippen LogP contribution in [0.1, 0.15) is 29.3 Å². The summed E-state index contributed by atoms with van der Waals surface area (Å²) < 4.78 is 13.6. The monoisotopic (exact) mass is 399 g/mol. The van der Waals surface area contributed by atoms with Crippen LogP contribution < -0.4 is 9.47 Å². The van der Waals surface area contributed by atoms with E-state index in [1.807, 2.05) is 43.3 Å². The first-order valence-corrected chi connectivity index (χ1v) is 9.29. The zero-order valence-electron chi connectivity index (χ0n) is 16.0. The maximum Gasteiger partial charge on any atom is 0.226 e. The first kappa shape index (κ1) is 19.8. The molecule has 7 heteroatoms. The average Bonchev–Trinajstić information content (AvgIpc) is 2.96. The molecule has 0 radical (unpaired) electrons. The van der Waals surface area contributed by atoms with Crippen molar-refractivity contribution in [2.75, 3.05) is 0 Å². The van der Waals surface area contributed by atoms with E-state index in [-0.39, 0.29) is 0 Å². The highest BCUT2D eigenvalue weighted by atomic mass is 35.5. The minimum Gasteiger partial charge on any atom is -0.488 e. The van der Waals surface area contributed by atoms with Crippen LogP contribution in [0.2, 0.25) is 5.02 Å². The quantitative estimate of drug-likeness (QED) is 0.340. The molecule has 3 aromatic rings. The summed E-state index contributed by atoms with van der Waals surface area (Å²) >= 11 is 6.44. The predicted molar refractivity (Wildman–Crippen MR) is 109 cm³/mol. The normalized spacial score (nSPS) is 11.1. The smallest absolute Gasteiger partial charge is 0.226 e. The number of hydrogen-bond donors (Lipinski definition) is 1. The molecule has 1 N–H and O–H groups in total. The Morgan fingerprint density at radius 3 is 2.64 bits per heavy atom. The lowest BCUT2D eigenvalue weighted by Gasteiger charge is -2.15. The Kier molecular flexibility index (Phi) is 6.21. The van der Waals surface area contributed by atoms with Gasteiger partial charge in [0, 0.05) is 13.1 Å². The SMILES string of the molecule is CCc1cc(Cl)c(Oc2c(C=NO)c(C)nn2C)cc1OCc1ccccc1. The van der Waals surface area contributed by atoms with Gasteiger partial charge in [-0.25, -0.2) is 4.68 Å². The van der Waals surface area contributed by atoms with E-state index in [0.717, 1.165) is 17.5 Å².